The maximum absolute atomic E-state index is 11.5. The molecule has 258 valence electrons. The van der Waals surface area contributed by atoms with Crippen LogP contribution in [0.4, 0.5) is 0 Å². The van der Waals surface area contributed by atoms with Crippen molar-refractivity contribution < 1.29 is 57.2 Å². The van der Waals surface area contributed by atoms with Crippen molar-refractivity contribution in [2.75, 3.05) is 39.6 Å². The lowest BCUT2D eigenvalue weighted by molar-refractivity contribution is 0.0479. The first-order valence-corrected chi connectivity index (χ1v) is 15.4. The van der Waals surface area contributed by atoms with Crippen LogP contribution in [-0.2, 0) is 28.4 Å². The van der Waals surface area contributed by atoms with E-state index in [2.05, 4.69) is 0 Å². The van der Waals surface area contributed by atoms with Crippen LogP contribution in [0, 0.1) is 0 Å². The van der Waals surface area contributed by atoms with Gasteiger partial charge in [0.25, 0.3) is 0 Å². The first-order valence-electron chi connectivity index (χ1n) is 15.4. The second-order valence-corrected chi connectivity index (χ2v) is 9.03. The quantitative estimate of drug-likeness (QED) is 0.161. The van der Waals surface area contributed by atoms with Gasteiger partial charge < -0.3 is 28.4 Å². The van der Waals surface area contributed by atoms with Gasteiger partial charge in [-0.3, -0.25) is 0 Å². The summed E-state index contributed by atoms with van der Waals surface area (Å²) in [7, 11) is 0. The van der Waals surface area contributed by atoms with Crippen LogP contribution < -0.4 is 0 Å². The third-order valence-electron chi connectivity index (χ3n) is 5.71. The highest BCUT2D eigenvalue weighted by atomic mass is 16.6. The number of ether oxygens (including phenoxy) is 6. The van der Waals surface area contributed by atoms with Gasteiger partial charge in [0, 0.05) is 0 Å². The molecule has 0 saturated heterocycles. The number of rotatable bonds is 12. The smallest absolute Gasteiger partial charge is 0.338 e. The van der Waals surface area contributed by atoms with Crippen molar-refractivity contribution in [2.24, 2.45) is 0 Å². The Balaban J connectivity index is 0.000000360. The second-order valence-electron chi connectivity index (χ2n) is 9.03. The minimum absolute atomic E-state index is 0.239. The molecule has 12 nitrogen and oxygen atoms in total. The van der Waals surface area contributed by atoms with Gasteiger partial charge in [0.15, 0.2) is 0 Å². The van der Waals surface area contributed by atoms with E-state index in [4.69, 9.17) is 28.4 Å². The highest BCUT2D eigenvalue weighted by Gasteiger charge is 2.18. The van der Waals surface area contributed by atoms with Crippen LogP contribution in [0.1, 0.15) is 104 Å². The standard InChI is InChI=1S/3C12H14O4/c1-3-15-11(13)9-5-7-10(8-6-9)12(14)16-4-2;1-3-15-11(13)9-6-5-7-10(8-9)12(14)16-4-2;1-3-15-11(13)9-7-5-6-8-10(9)12(14)16-4-2/h3*5-8H,3-4H2,1-2H3. The lowest BCUT2D eigenvalue weighted by Gasteiger charge is -2.07. The normalized spacial score (nSPS) is 9.62. The lowest BCUT2D eigenvalue weighted by atomic mass is 10.1. The Kier molecular flexibility index (Phi) is 19.3. The fraction of sp³-hybridized carbons (Fsp3) is 0.333. The molecule has 0 aliphatic rings. The van der Waals surface area contributed by atoms with Crippen molar-refractivity contribution in [3.8, 4) is 0 Å². The largest absolute Gasteiger partial charge is 0.462 e. The molecule has 0 fully saturated rings. The van der Waals surface area contributed by atoms with Gasteiger partial charge >= 0.3 is 35.8 Å². The Morgan fingerprint density at radius 1 is 0.354 bits per heavy atom. The van der Waals surface area contributed by atoms with E-state index in [9.17, 15) is 28.8 Å². The molecule has 0 atom stereocenters. The van der Waals surface area contributed by atoms with Gasteiger partial charge in [-0.05, 0) is 96.1 Å². The van der Waals surface area contributed by atoms with Crippen LogP contribution >= 0.6 is 0 Å². The van der Waals surface area contributed by atoms with Crippen LogP contribution in [0.5, 0.6) is 0 Å². The van der Waals surface area contributed by atoms with Crippen molar-refractivity contribution in [3.05, 3.63) is 106 Å². The topological polar surface area (TPSA) is 158 Å². The molecule has 0 spiro atoms. The molecule has 0 amide bonds. The summed E-state index contributed by atoms with van der Waals surface area (Å²) in [5, 5.41) is 0. The Bertz CT molecular complexity index is 1390. The fourth-order valence-corrected chi connectivity index (χ4v) is 3.63. The van der Waals surface area contributed by atoms with Crippen LogP contribution in [0.3, 0.4) is 0 Å². The zero-order chi connectivity index (χ0) is 35.9. The van der Waals surface area contributed by atoms with Gasteiger partial charge in [0.2, 0.25) is 0 Å². The maximum Gasteiger partial charge on any atom is 0.338 e. The number of hydrogen-bond donors (Lipinski definition) is 0. The molecule has 3 rings (SSSR count). The third kappa shape index (κ3) is 13.9. The number of hydrogen-bond acceptors (Lipinski definition) is 12. The molecule has 0 heterocycles. The van der Waals surface area contributed by atoms with Crippen LogP contribution in [-0.4, -0.2) is 75.5 Å². The first kappa shape index (κ1) is 40.5. The highest BCUT2D eigenvalue weighted by molar-refractivity contribution is 6.03. The Morgan fingerprint density at radius 3 is 0.917 bits per heavy atom. The van der Waals surface area contributed by atoms with Gasteiger partial charge in [-0.25, -0.2) is 28.8 Å². The minimum atomic E-state index is -0.508. The molecule has 0 N–H and O–H groups in total. The third-order valence-corrected chi connectivity index (χ3v) is 5.71. The van der Waals surface area contributed by atoms with Crippen LogP contribution in [0.25, 0.3) is 0 Å². The predicted octanol–water partition coefficient (Wildman–Crippen LogP) is 6.12. The van der Waals surface area contributed by atoms with Crippen molar-refractivity contribution in [1.82, 2.24) is 0 Å². The van der Waals surface area contributed by atoms with Gasteiger partial charge in [-0.15, -0.1) is 0 Å². The Labute approximate surface area is 280 Å². The zero-order valence-corrected chi connectivity index (χ0v) is 28.1. The minimum Gasteiger partial charge on any atom is -0.462 e. The van der Waals surface area contributed by atoms with E-state index in [1.165, 1.54) is 6.07 Å². The molecule has 0 saturated carbocycles. The number of esters is 6. The molecule has 12 heteroatoms. The summed E-state index contributed by atoms with van der Waals surface area (Å²) in [5.41, 5.74) is 2.04. The van der Waals surface area contributed by atoms with Gasteiger partial charge in [0.1, 0.15) is 0 Å². The zero-order valence-electron chi connectivity index (χ0n) is 28.1. The SMILES string of the molecule is CCOC(=O)c1ccc(C(=O)OCC)cc1.CCOC(=O)c1cccc(C(=O)OCC)c1.CCOC(=O)c1ccccc1C(=O)OCC. The first-order chi connectivity index (χ1) is 23.1. The van der Waals surface area contributed by atoms with Crippen molar-refractivity contribution in [3.63, 3.8) is 0 Å². The Hall–Kier alpha value is -5.52. The highest BCUT2D eigenvalue weighted by Crippen LogP contribution is 2.12. The molecule has 0 aliphatic heterocycles. The molecule has 3 aromatic carbocycles. The summed E-state index contributed by atoms with van der Waals surface area (Å²) >= 11 is 0. The van der Waals surface area contributed by atoms with Crippen LogP contribution in [0.15, 0.2) is 72.8 Å². The Morgan fingerprint density at radius 2 is 0.625 bits per heavy atom. The van der Waals surface area contributed by atoms with Crippen molar-refractivity contribution >= 4 is 35.8 Å². The van der Waals surface area contributed by atoms with E-state index >= 15 is 0 Å². The second kappa shape index (κ2) is 22.9. The lowest BCUT2D eigenvalue weighted by Crippen LogP contribution is -2.13. The van der Waals surface area contributed by atoms with E-state index in [1.807, 2.05) is 0 Å². The molecule has 0 unspecified atom stereocenters. The van der Waals surface area contributed by atoms with E-state index < -0.39 is 35.8 Å². The molecule has 0 bridgehead atoms. The number of carbonyl (C=O) groups is 6. The molecule has 0 radical (unpaired) electrons. The van der Waals surface area contributed by atoms with E-state index in [0.29, 0.717) is 48.7 Å². The molecule has 3 aromatic rings. The average Bonchev–Trinajstić information content (AvgIpc) is 3.09. The summed E-state index contributed by atoms with van der Waals surface area (Å²) in [6, 6.07) is 18.9. The monoisotopic (exact) mass is 666 g/mol. The van der Waals surface area contributed by atoms with Crippen molar-refractivity contribution in [2.45, 2.75) is 41.5 Å². The summed E-state index contributed by atoms with van der Waals surface area (Å²) < 4.78 is 29.0. The molecule has 48 heavy (non-hydrogen) atoms. The number of benzene rings is 3. The van der Waals surface area contributed by atoms with E-state index in [1.54, 1.807) is 108 Å². The molecular weight excluding hydrogens is 624 g/mol. The summed E-state index contributed by atoms with van der Waals surface area (Å²) in [6.45, 7) is 12.2. The summed E-state index contributed by atoms with van der Waals surface area (Å²) in [4.78, 5) is 68.5. The van der Waals surface area contributed by atoms with Crippen molar-refractivity contribution in [1.29, 1.82) is 0 Å². The average molecular weight is 667 g/mol. The summed E-state index contributed by atoms with van der Waals surface area (Å²) in [5.74, 6) is -2.67. The molecule has 0 aliphatic carbocycles. The van der Waals surface area contributed by atoms with E-state index in [0.717, 1.165) is 0 Å². The molecule has 0 aromatic heterocycles. The fourth-order valence-electron chi connectivity index (χ4n) is 3.63. The number of carbonyl (C=O) groups excluding carboxylic acids is 6. The molecular formula is C36H42O12. The van der Waals surface area contributed by atoms with Crippen LogP contribution in [0.2, 0.25) is 0 Å². The predicted molar refractivity (Wildman–Crippen MR) is 175 cm³/mol. The van der Waals surface area contributed by atoms with Gasteiger partial charge in [0.05, 0.1) is 73.0 Å². The maximum atomic E-state index is 11.5. The van der Waals surface area contributed by atoms with Gasteiger partial charge in [-0.2, -0.15) is 0 Å². The summed E-state index contributed by atoms with van der Waals surface area (Å²) in [6.07, 6.45) is 0. The van der Waals surface area contributed by atoms with Gasteiger partial charge in [-0.1, -0.05) is 18.2 Å². The van der Waals surface area contributed by atoms with E-state index in [-0.39, 0.29) is 24.3 Å².